The Kier molecular flexibility index (Phi) is 5.72. The van der Waals surface area contributed by atoms with Crippen molar-refractivity contribution in [2.45, 2.75) is 77.5 Å². The third-order valence-electron chi connectivity index (χ3n) is 6.45. The number of hydrogen-bond donors (Lipinski definition) is 1. The van der Waals surface area contributed by atoms with Crippen molar-refractivity contribution in [1.29, 1.82) is 0 Å². The summed E-state index contributed by atoms with van der Waals surface area (Å²) >= 11 is 0. The summed E-state index contributed by atoms with van der Waals surface area (Å²) in [5.41, 5.74) is 3.79. The molecule has 0 spiro atoms. The fourth-order valence-corrected chi connectivity index (χ4v) is 4.08. The van der Waals surface area contributed by atoms with Gasteiger partial charge >= 0.3 is 7.12 Å². The number of hydrogen-bond acceptors (Lipinski definition) is 3. The summed E-state index contributed by atoms with van der Waals surface area (Å²) in [5, 5.41) is 10.9. The lowest BCUT2D eigenvalue weighted by atomic mass is 9.61. The second-order valence-electron chi connectivity index (χ2n) is 8.86. The lowest BCUT2D eigenvalue weighted by Crippen LogP contribution is -2.41. The zero-order valence-electron chi connectivity index (χ0n) is 17.4. The van der Waals surface area contributed by atoms with E-state index in [0.717, 1.165) is 36.0 Å². The number of allylic oxidation sites excluding steroid dienone is 1. The first-order valence-electron chi connectivity index (χ1n) is 10.2. The average molecular weight is 368 g/mol. The van der Waals surface area contributed by atoms with Crippen molar-refractivity contribution < 1.29 is 14.4 Å². The van der Waals surface area contributed by atoms with Gasteiger partial charge < -0.3 is 14.4 Å². The van der Waals surface area contributed by atoms with Crippen molar-refractivity contribution in [3.8, 4) is 0 Å². The maximum atomic E-state index is 10.9. The summed E-state index contributed by atoms with van der Waals surface area (Å²) in [4.78, 5) is 0. The molecule has 0 saturated carbocycles. The van der Waals surface area contributed by atoms with Gasteiger partial charge in [0.2, 0.25) is 0 Å². The quantitative estimate of drug-likeness (QED) is 0.667. The largest absolute Gasteiger partial charge is 0.458 e. The molecule has 3 rings (SSSR count). The van der Waals surface area contributed by atoms with Gasteiger partial charge in [0.15, 0.2) is 0 Å². The van der Waals surface area contributed by atoms with Crippen LogP contribution in [0.5, 0.6) is 0 Å². The van der Waals surface area contributed by atoms with Gasteiger partial charge in [-0.15, -0.1) is 0 Å². The highest BCUT2D eigenvalue weighted by molar-refractivity contribution is 6.45. The molecular formula is C23H33BO3. The van der Waals surface area contributed by atoms with Gasteiger partial charge in [-0.05, 0) is 69.1 Å². The summed E-state index contributed by atoms with van der Waals surface area (Å²) in [5.74, 6) is 0.0132. The Hall–Kier alpha value is -1.36. The van der Waals surface area contributed by atoms with Crippen LogP contribution >= 0.6 is 0 Å². The van der Waals surface area contributed by atoms with E-state index in [1.807, 2.05) is 18.2 Å². The zero-order chi connectivity index (χ0) is 19.8. The van der Waals surface area contributed by atoms with Crippen molar-refractivity contribution in [3.63, 3.8) is 0 Å². The van der Waals surface area contributed by atoms with E-state index in [0.29, 0.717) is 6.32 Å². The van der Waals surface area contributed by atoms with Crippen LogP contribution in [0, 0.1) is 5.92 Å². The average Bonchev–Trinajstić information content (AvgIpc) is 2.83. The molecular weight excluding hydrogens is 335 g/mol. The van der Waals surface area contributed by atoms with Gasteiger partial charge in [0.25, 0.3) is 0 Å². The van der Waals surface area contributed by atoms with Crippen molar-refractivity contribution >= 4 is 12.7 Å². The molecule has 1 aromatic carbocycles. The molecule has 27 heavy (non-hydrogen) atoms. The van der Waals surface area contributed by atoms with Crippen LogP contribution in [0.15, 0.2) is 48.1 Å². The number of aliphatic hydroxyl groups excluding tert-OH is 1. The number of aliphatic hydroxyl groups is 1. The predicted molar refractivity (Wildman–Crippen MR) is 112 cm³/mol. The highest BCUT2D eigenvalue weighted by atomic mass is 16.7. The third kappa shape index (κ3) is 3.80. The first kappa shape index (κ1) is 20.4. The lowest BCUT2D eigenvalue weighted by Gasteiger charge is -2.41. The monoisotopic (exact) mass is 368 g/mol. The van der Waals surface area contributed by atoms with Crippen LogP contribution < -0.4 is 0 Å². The second kappa shape index (κ2) is 7.58. The van der Waals surface area contributed by atoms with E-state index in [1.165, 1.54) is 5.57 Å². The SMILES string of the molecule is C=C(C1=C(CCCC)[C@@H](O)[C@@H]1CB1OC(C)(C)C(C)(C)O1)c1ccccc1. The molecule has 0 unspecified atom stereocenters. The van der Waals surface area contributed by atoms with Crippen molar-refractivity contribution in [2.75, 3.05) is 0 Å². The van der Waals surface area contributed by atoms with E-state index in [4.69, 9.17) is 9.31 Å². The Morgan fingerprint density at radius 1 is 1.11 bits per heavy atom. The molecule has 1 fully saturated rings. The number of unbranched alkanes of at least 4 members (excludes halogenated alkanes) is 1. The smallest absolute Gasteiger partial charge is 0.403 e. The van der Waals surface area contributed by atoms with E-state index in [2.05, 4.69) is 53.3 Å². The van der Waals surface area contributed by atoms with Gasteiger partial charge in [-0.25, -0.2) is 0 Å². The standard InChI is InChI=1S/C23H33BO3/c1-7-8-14-18-20(16(2)17-12-10-9-11-13-17)19(21(18)25)15-24-26-22(3,4)23(5,6)27-24/h9-13,19,21,25H,2,7-8,14-15H2,1,3-6H3/t19-,21-/m1/s1. The summed E-state index contributed by atoms with van der Waals surface area (Å²) < 4.78 is 12.4. The predicted octanol–water partition coefficient (Wildman–Crippen LogP) is 5.27. The van der Waals surface area contributed by atoms with Gasteiger partial charge in [-0.3, -0.25) is 0 Å². The summed E-state index contributed by atoms with van der Waals surface area (Å²) in [6, 6.07) is 10.3. The van der Waals surface area contributed by atoms with Crippen LogP contribution in [0.2, 0.25) is 6.32 Å². The molecule has 1 heterocycles. The second-order valence-corrected chi connectivity index (χ2v) is 8.86. The molecule has 146 valence electrons. The Balaban J connectivity index is 1.82. The van der Waals surface area contributed by atoms with Crippen LogP contribution in [0.25, 0.3) is 5.57 Å². The molecule has 0 radical (unpaired) electrons. The van der Waals surface area contributed by atoms with Crippen molar-refractivity contribution in [1.82, 2.24) is 0 Å². The maximum absolute atomic E-state index is 10.9. The van der Waals surface area contributed by atoms with E-state index in [-0.39, 0.29) is 24.2 Å². The highest BCUT2D eigenvalue weighted by Crippen LogP contribution is 2.49. The molecule has 1 saturated heterocycles. The molecule has 2 atom stereocenters. The van der Waals surface area contributed by atoms with Crippen molar-refractivity contribution in [2.24, 2.45) is 5.92 Å². The van der Waals surface area contributed by atoms with Gasteiger partial charge in [0, 0.05) is 5.92 Å². The molecule has 1 aromatic rings. The minimum absolute atomic E-state index is 0.0132. The van der Waals surface area contributed by atoms with Crippen LogP contribution in [0.4, 0.5) is 0 Å². The van der Waals surface area contributed by atoms with Gasteiger partial charge in [-0.2, -0.15) is 0 Å². The molecule has 0 aromatic heterocycles. The molecule has 1 aliphatic carbocycles. The highest BCUT2D eigenvalue weighted by Gasteiger charge is 2.53. The Morgan fingerprint density at radius 2 is 1.70 bits per heavy atom. The van der Waals surface area contributed by atoms with Crippen LogP contribution in [-0.2, 0) is 9.31 Å². The van der Waals surface area contributed by atoms with Gasteiger partial charge in [-0.1, -0.05) is 50.3 Å². The fourth-order valence-electron chi connectivity index (χ4n) is 4.08. The van der Waals surface area contributed by atoms with Gasteiger partial charge in [0.05, 0.1) is 17.3 Å². The summed E-state index contributed by atoms with van der Waals surface area (Å²) in [6.45, 7) is 14.8. The Labute approximate surface area is 164 Å². The van der Waals surface area contributed by atoms with E-state index in [1.54, 1.807) is 0 Å². The zero-order valence-corrected chi connectivity index (χ0v) is 17.4. The molecule has 0 amide bonds. The third-order valence-corrected chi connectivity index (χ3v) is 6.45. The van der Waals surface area contributed by atoms with Crippen LogP contribution in [0.3, 0.4) is 0 Å². The normalized spacial score (nSPS) is 26.2. The molecule has 1 N–H and O–H groups in total. The summed E-state index contributed by atoms with van der Waals surface area (Å²) in [7, 11) is -0.305. The summed E-state index contributed by atoms with van der Waals surface area (Å²) in [6.07, 6.45) is 3.36. The van der Waals surface area contributed by atoms with Crippen LogP contribution in [-0.4, -0.2) is 29.5 Å². The lowest BCUT2D eigenvalue weighted by molar-refractivity contribution is 0.00578. The van der Waals surface area contributed by atoms with E-state index < -0.39 is 6.10 Å². The molecule has 4 heteroatoms. The maximum Gasteiger partial charge on any atom is 0.458 e. The molecule has 2 aliphatic rings. The minimum atomic E-state index is -0.425. The van der Waals surface area contributed by atoms with Gasteiger partial charge in [0.1, 0.15) is 0 Å². The molecule has 3 nitrogen and oxygen atoms in total. The first-order valence-corrected chi connectivity index (χ1v) is 10.2. The number of benzene rings is 1. The fraction of sp³-hybridized carbons (Fsp3) is 0.565. The van der Waals surface area contributed by atoms with Crippen molar-refractivity contribution in [3.05, 3.63) is 53.6 Å². The first-order chi connectivity index (χ1) is 12.7. The Bertz CT molecular complexity index is 704. The minimum Gasteiger partial charge on any atom is -0.403 e. The molecule has 0 bridgehead atoms. The number of rotatable bonds is 7. The topological polar surface area (TPSA) is 38.7 Å². The van der Waals surface area contributed by atoms with E-state index >= 15 is 0 Å². The van der Waals surface area contributed by atoms with E-state index in [9.17, 15) is 5.11 Å². The Morgan fingerprint density at radius 3 is 2.26 bits per heavy atom. The molecule has 1 aliphatic heterocycles. The van der Waals surface area contributed by atoms with Crippen LogP contribution in [0.1, 0.15) is 59.4 Å².